The first kappa shape index (κ1) is 18.7. The van der Waals surface area contributed by atoms with Crippen LogP contribution in [-0.4, -0.2) is 43.0 Å². The lowest BCUT2D eigenvalue weighted by Crippen LogP contribution is -2.26. The number of carbonyl (C=O) groups is 1. The number of benzene rings is 2. The van der Waals surface area contributed by atoms with E-state index in [1.165, 1.54) is 38.4 Å². The highest BCUT2D eigenvalue weighted by atomic mass is 32.2. The number of ether oxygens (including phenoxy) is 1. The van der Waals surface area contributed by atoms with E-state index in [-0.39, 0.29) is 22.9 Å². The number of nitrogens with zero attached hydrogens (tertiary/aromatic N) is 3. The average Bonchev–Trinajstić information content (AvgIpc) is 3.16. The van der Waals surface area contributed by atoms with Crippen LogP contribution in [0.5, 0.6) is 0 Å². The Morgan fingerprint density at radius 2 is 1.89 bits per heavy atom. The lowest BCUT2D eigenvalue weighted by atomic mass is 10.2. The van der Waals surface area contributed by atoms with Crippen LogP contribution < -0.4 is 0 Å². The molecular weight excluding hydrogens is 370 g/mol. The molecule has 0 aliphatic rings. The van der Waals surface area contributed by atoms with E-state index < -0.39 is 16.0 Å². The Morgan fingerprint density at radius 1 is 1.15 bits per heavy atom. The first-order valence-corrected chi connectivity index (χ1v) is 9.38. The number of methoxy groups -OCH3 is 1. The van der Waals surface area contributed by atoms with Gasteiger partial charge < -0.3 is 9.26 Å². The molecule has 3 rings (SSSR count). The lowest BCUT2D eigenvalue weighted by Gasteiger charge is -2.15. The smallest absolute Gasteiger partial charge is 0.337 e. The van der Waals surface area contributed by atoms with Gasteiger partial charge in [-0.1, -0.05) is 41.6 Å². The minimum absolute atomic E-state index is 0.0318. The molecule has 0 bridgehead atoms. The first-order chi connectivity index (χ1) is 12.9. The molecule has 8 nitrogen and oxygen atoms in total. The molecule has 0 radical (unpaired) electrons. The predicted octanol–water partition coefficient (Wildman–Crippen LogP) is 2.34. The zero-order valence-electron chi connectivity index (χ0n) is 14.7. The molecule has 1 aromatic heterocycles. The maximum Gasteiger partial charge on any atom is 0.337 e. The largest absolute Gasteiger partial charge is 0.465 e. The molecule has 0 unspecified atom stereocenters. The van der Waals surface area contributed by atoms with Gasteiger partial charge in [-0.15, -0.1) is 0 Å². The number of esters is 1. The highest BCUT2D eigenvalue weighted by molar-refractivity contribution is 7.89. The normalized spacial score (nSPS) is 11.5. The number of carbonyl (C=O) groups excluding carboxylic acids is 1. The van der Waals surface area contributed by atoms with E-state index >= 15 is 0 Å². The Hall–Kier alpha value is -3.04. The van der Waals surface area contributed by atoms with E-state index in [0.29, 0.717) is 5.82 Å². The molecule has 27 heavy (non-hydrogen) atoms. The van der Waals surface area contributed by atoms with Crippen LogP contribution in [0.4, 0.5) is 0 Å². The van der Waals surface area contributed by atoms with Gasteiger partial charge in [0.2, 0.25) is 21.7 Å². The van der Waals surface area contributed by atoms with Crippen LogP contribution in [0.1, 0.15) is 16.2 Å². The van der Waals surface area contributed by atoms with E-state index in [2.05, 4.69) is 14.9 Å². The van der Waals surface area contributed by atoms with Crippen molar-refractivity contribution in [1.29, 1.82) is 0 Å². The van der Waals surface area contributed by atoms with Crippen molar-refractivity contribution < 1.29 is 22.5 Å². The fraction of sp³-hybridized carbons (Fsp3) is 0.167. The van der Waals surface area contributed by atoms with Gasteiger partial charge in [0.15, 0.2) is 0 Å². The number of aromatic nitrogens is 2. The Morgan fingerprint density at radius 3 is 2.59 bits per heavy atom. The predicted molar refractivity (Wildman–Crippen MR) is 96.2 cm³/mol. The molecular formula is C18H17N3O5S. The Kier molecular flexibility index (Phi) is 5.33. The summed E-state index contributed by atoms with van der Waals surface area (Å²) < 4.78 is 36.4. The van der Waals surface area contributed by atoms with E-state index in [4.69, 9.17) is 4.52 Å². The van der Waals surface area contributed by atoms with Gasteiger partial charge in [-0.25, -0.2) is 13.2 Å². The van der Waals surface area contributed by atoms with Crippen molar-refractivity contribution >= 4 is 16.0 Å². The topological polar surface area (TPSA) is 103 Å². The van der Waals surface area contributed by atoms with Gasteiger partial charge in [0.25, 0.3) is 0 Å². The molecule has 0 fully saturated rings. The minimum atomic E-state index is -3.86. The summed E-state index contributed by atoms with van der Waals surface area (Å²) in [5.41, 5.74) is 0.917. The maximum atomic E-state index is 12.8. The van der Waals surface area contributed by atoms with Gasteiger partial charge in [-0.2, -0.15) is 9.29 Å². The van der Waals surface area contributed by atoms with Gasteiger partial charge in [0.05, 0.1) is 24.1 Å². The lowest BCUT2D eigenvalue weighted by molar-refractivity contribution is 0.0600. The van der Waals surface area contributed by atoms with Crippen molar-refractivity contribution in [3.05, 3.63) is 66.1 Å². The molecule has 2 aromatic carbocycles. The Balaban J connectivity index is 1.80. The van der Waals surface area contributed by atoms with Crippen LogP contribution in [0.3, 0.4) is 0 Å². The quantitative estimate of drug-likeness (QED) is 0.598. The van der Waals surface area contributed by atoms with Crippen LogP contribution in [-0.2, 0) is 21.3 Å². The Labute approximate surface area is 156 Å². The molecule has 0 amide bonds. The van der Waals surface area contributed by atoms with Crippen LogP contribution >= 0.6 is 0 Å². The highest BCUT2D eigenvalue weighted by Gasteiger charge is 2.24. The molecule has 1 heterocycles. The number of rotatable bonds is 6. The summed E-state index contributed by atoms with van der Waals surface area (Å²) in [6.45, 7) is -0.107. The van der Waals surface area contributed by atoms with Gasteiger partial charge >= 0.3 is 5.97 Å². The van der Waals surface area contributed by atoms with E-state index in [1.807, 2.05) is 30.3 Å². The van der Waals surface area contributed by atoms with Crippen LogP contribution in [0.15, 0.2) is 64.0 Å². The van der Waals surface area contributed by atoms with Crippen LogP contribution in [0.2, 0.25) is 0 Å². The summed E-state index contributed by atoms with van der Waals surface area (Å²) in [6, 6.07) is 14.8. The van der Waals surface area contributed by atoms with Crippen molar-refractivity contribution in [2.45, 2.75) is 11.4 Å². The molecule has 3 aromatic rings. The van der Waals surface area contributed by atoms with Crippen molar-refractivity contribution in [3.8, 4) is 11.4 Å². The molecule has 0 aliphatic heterocycles. The molecule has 0 N–H and O–H groups in total. The minimum Gasteiger partial charge on any atom is -0.465 e. The highest BCUT2D eigenvalue weighted by Crippen LogP contribution is 2.20. The SMILES string of the molecule is COC(=O)c1cccc(S(=O)(=O)N(C)Cc2nc(-c3ccccc3)no2)c1. The zero-order valence-corrected chi connectivity index (χ0v) is 15.5. The van der Waals surface area contributed by atoms with Crippen molar-refractivity contribution in [2.24, 2.45) is 0 Å². The number of hydrogen-bond acceptors (Lipinski definition) is 7. The summed E-state index contributed by atoms with van der Waals surface area (Å²) >= 11 is 0. The molecule has 140 valence electrons. The first-order valence-electron chi connectivity index (χ1n) is 7.94. The van der Waals surface area contributed by atoms with E-state index in [1.54, 1.807) is 0 Å². The summed E-state index contributed by atoms with van der Waals surface area (Å²) in [5, 5.41) is 3.87. The molecule has 9 heteroatoms. The molecule has 0 atom stereocenters. The third-order valence-corrected chi connectivity index (χ3v) is 5.62. The second-order valence-corrected chi connectivity index (χ2v) is 7.70. The summed E-state index contributed by atoms with van der Waals surface area (Å²) in [5.74, 6) is -0.0766. The molecule has 0 aliphatic carbocycles. The van der Waals surface area contributed by atoms with Gasteiger partial charge in [0.1, 0.15) is 0 Å². The molecule has 0 saturated heterocycles. The van der Waals surface area contributed by atoms with Crippen LogP contribution in [0, 0.1) is 0 Å². The monoisotopic (exact) mass is 387 g/mol. The number of hydrogen-bond donors (Lipinski definition) is 0. The standard InChI is InChI=1S/C18H17N3O5S/c1-21(12-16-19-17(20-26-16)13-7-4-3-5-8-13)27(23,24)15-10-6-9-14(11-15)18(22)25-2/h3-11H,12H2,1-2H3. The van der Waals surface area contributed by atoms with Crippen molar-refractivity contribution in [2.75, 3.05) is 14.2 Å². The van der Waals surface area contributed by atoms with E-state index in [0.717, 1.165) is 9.87 Å². The summed E-state index contributed by atoms with van der Waals surface area (Å²) in [4.78, 5) is 15.8. The van der Waals surface area contributed by atoms with E-state index in [9.17, 15) is 13.2 Å². The summed E-state index contributed by atoms with van der Waals surface area (Å²) in [7, 11) is -1.23. The van der Waals surface area contributed by atoms with Gasteiger partial charge in [-0.3, -0.25) is 0 Å². The second kappa shape index (κ2) is 7.68. The zero-order chi connectivity index (χ0) is 19.4. The second-order valence-electron chi connectivity index (χ2n) is 5.66. The summed E-state index contributed by atoms with van der Waals surface area (Å²) in [6.07, 6.45) is 0. The maximum absolute atomic E-state index is 12.8. The third kappa shape index (κ3) is 4.04. The number of sulfonamides is 1. The fourth-order valence-corrected chi connectivity index (χ4v) is 3.55. The third-order valence-electron chi connectivity index (χ3n) is 3.82. The van der Waals surface area contributed by atoms with Crippen molar-refractivity contribution in [1.82, 2.24) is 14.4 Å². The fourth-order valence-electron chi connectivity index (χ4n) is 2.38. The van der Waals surface area contributed by atoms with Crippen LogP contribution in [0.25, 0.3) is 11.4 Å². The molecule has 0 saturated carbocycles. The van der Waals surface area contributed by atoms with Gasteiger partial charge in [0, 0.05) is 12.6 Å². The Bertz CT molecular complexity index is 1050. The van der Waals surface area contributed by atoms with Gasteiger partial charge in [-0.05, 0) is 18.2 Å². The average molecular weight is 387 g/mol. The molecule has 0 spiro atoms. The van der Waals surface area contributed by atoms with Crippen molar-refractivity contribution in [3.63, 3.8) is 0 Å².